The van der Waals surface area contributed by atoms with Crippen molar-refractivity contribution in [3.63, 3.8) is 0 Å². The van der Waals surface area contributed by atoms with Gasteiger partial charge in [-0.25, -0.2) is 8.78 Å². The van der Waals surface area contributed by atoms with Crippen molar-refractivity contribution in [3.8, 4) is 12.3 Å². The Balaban J connectivity index is 0.000000861. The summed E-state index contributed by atoms with van der Waals surface area (Å²) in [6.45, 7) is 7.94. The van der Waals surface area contributed by atoms with E-state index in [0.29, 0.717) is 10.8 Å². The van der Waals surface area contributed by atoms with Crippen LogP contribution in [-0.4, -0.2) is 0 Å². The first kappa shape index (κ1) is 15.2. The lowest BCUT2D eigenvalue weighted by Crippen LogP contribution is -1.97. The van der Waals surface area contributed by atoms with Crippen LogP contribution in [0.3, 0.4) is 0 Å². The second-order valence-corrected chi connectivity index (χ2v) is 4.28. The Labute approximate surface area is 113 Å². The number of benzene rings is 2. The van der Waals surface area contributed by atoms with Gasteiger partial charge in [0.25, 0.3) is 0 Å². The first-order chi connectivity index (χ1) is 9.06. The van der Waals surface area contributed by atoms with E-state index in [1.807, 2.05) is 33.8 Å². The van der Waals surface area contributed by atoms with Gasteiger partial charge in [-0.3, -0.25) is 0 Å². The molecule has 0 spiro atoms. The molecule has 0 saturated carbocycles. The zero-order valence-electron chi connectivity index (χ0n) is 11.7. The number of halogens is 2. The second kappa shape index (κ2) is 6.33. The molecular formula is C17H18F2. The Hall–Kier alpha value is -1.88. The molecule has 2 aromatic rings. The molecule has 2 aromatic carbocycles. The van der Waals surface area contributed by atoms with Gasteiger partial charge in [-0.2, -0.15) is 0 Å². The van der Waals surface area contributed by atoms with Crippen LogP contribution in [-0.2, 0) is 0 Å². The molecule has 0 fully saturated rings. The highest BCUT2D eigenvalue weighted by atomic mass is 19.1. The smallest absolute Gasteiger partial charge is 0.142 e. The van der Waals surface area contributed by atoms with Crippen molar-refractivity contribution in [3.05, 3.63) is 47.0 Å². The molecule has 2 rings (SSSR count). The molecule has 100 valence electrons. The summed E-state index contributed by atoms with van der Waals surface area (Å²) in [5.41, 5.74) is 1.01. The van der Waals surface area contributed by atoms with Crippen LogP contribution in [0.5, 0.6) is 0 Å². The SMILES string of the molecule is C#Cc1c(F)cc(F)c2cccc(C(C)C)c12.CC. The second-order valence-electron chi connectivity index (χ2n) is 4.28. The maximum Gasteiger partial charge on any atom is 0.142 e. The largest absolute Gasteiger partial charge is 0.206 e. The van der Waals surface area contributed by atoms with Crippen molar-refractivity contribution in [1.82, 2.24) is 0 Å². The van der Waals surface area contributed by atoms with Crippen LogP contribution in [0.4, 0.5) is 8.78 Å². The van der Waals surface area contributed by atoms with Crippen LogP contribution in [0.1, 0.15) is 44.7 Å². The van der Waals surface area contributed by atoms with Crippen molar-refractivity contribution in [1.29, 1.82) is 0 Å². The van der Waals surface area contributed by atoms with Gasteiger partial charge >= 0.3 is 0 Å². The molecular weight excluding hydrogens is 242 g/mol. The van der Waals surface area contributed by atoms with Crippen LogP contribution in [0.25, 0.3) is 10.8 Å². The van der Waals surface area contributed by atoms with Crippen molar-refractivity contribution in [2.45, 2.75) is 33.6 Å². The van der Waals surface area contributed by atoms with Gasteiger partial charge in [0.1, 0.15) is 11.6 Å². The summed E-state index contributed by atoms with van der Waals surface area (Å²) in [6.07, 6.45) is 5.32. The summed E-state index contributed by atoms with van der Waals surface area (Å²) in [5.74, 6) is 1.23. The van der Waals surface area contributed by atoms with Crippen LogP contribution in [0.15, 0.2) is 24.3 Å². The van der Waals surface area contributed by atoms with E-state index in [0.717, 1.165) is 11.6 Å². The number of fused-ring (bicyclic) bond motifs is 1. The van der Waals surface area contributed by atoms with Crippen molar-refractivity contribution < 1.29 is 8.78 Å². The third-order valence-electron chi connectivity index (χ3n) is 2.86. The van der Waals surface area contributed by atoms with Gasteiger partial charge in [-0.1, -0.05) is 51.8 Å². The normalized spacial score (nSPS) is 10.0. The Kier molecular flexibility index (Phi) is 5.06. The third kappa shape index (κ3) is 2.76. The van der Waals surface area contributed by atoms with Crippen LogP contribution in [0, 0.1) is 24.0 Å². The Bertz CT molecular complexity index is 619. The number of hydrogen-bond acceptors (Lipinski definition) is 0. The molecule has 0 heterocycles. The summed E-state index contributed by atoms with van der Waals surface area (Å²) in [5, 5.41) is 0.896. The van der Waals surface area contributed by atoms with Crippen LogP contribution >= 0.6 is 0 Å². The molecule has 19 heavy (non-hydrogen) atoms. The lowest BCUT2D eigenvalue weighted by Gasteiger charge is -2.12. The van der Waals surface area contributed by atoms with Gasteiger partial charge < -0.3 is 0 Å². The van der Waals surface area contributed by atoms with E-state index in [-0.39, 0.29) is 11.5 Å². The zero-order chi connectivity index (χ0) is 14.6. The molecule has 0 bridgehead atoms. The van der Waals surface area contributed by atoms with Crippen LogP contribution < -0.4 is 0 Å². The fourth-order valence-electron chi connectivity index (χ4n) is 2.05. The van der Waals surface area contributed by atoms with E-state index < -0.39 is 11.6 Å². The third-order valence-corrected chi connectivity index (χ3v) is 2.86. The van der Waals surface area contributed by atoms with Gasteiger partial charge in [-0.15, -0.1) is 6.42 Å². The van der Waals surface area contributed by atoms with Crippen LogP contribution in [0.2, 0.25) is 0 Å². The average molecular weight is 260 g/mol. The fourth-order valence-corrected chi connectivity index (χ4v) is 2.05. The van der Waals surface area contributed by atoms with Gasteiger partial charge in [0.2, 0.25) is 0 Å². The first-order valence-corrected chi connectivity index (χ1v) is 6.43. The molecule has 0 saturated heterocycles. The summed E-state index contributed by atoms with van der Waals surface area (Å²) >= 11 is 0. The summed E-state index contributed by atoms with van der Waals surface area (Å²) in [4.78, 5) is 0. The quantitative estimate of drug-likeness (QED) is 0.614. The maximum atomic E-state index is 13.7. The molecule has 0 aliphatic rings. The maximum absolute atomic E-state index is 13.7. The molecule has 0 unspecified atom stereocenters. The Morgan fingerprint density at radius 2 is 1.74 bits per heavy atom. The van der Waals surface area contributed by atoms with Crippen molar-refractivity contribution in [2.75, 3.05) is 0 Å². The summed E-state index contributed by atoms with van der Waals surface area (Å²) < 4.78 is 27.3. The van der Waals surface area contributed by atoms with E-state index in [1.54, 1.807) is 12.1 Å². The molecule has 2 heteroatoms. The monoisotopic (exact) mass is 260 g/mol. The van der Waals surface area contributed by atoms with E-state index in [1.165, 1.54) is 0 Å². The molecule has 0 aliphatic carbocycles. The van der Waals surface area contributed by atoms with Crippen molar-refractivity contribution >= 4 is 10.8 Å². The molecule has 0 atom stereocenters. The molecule has 0 nitrogen and oxygen atoms in total. The average Bonchev–Trinajstić information content (AvgIpc) is 2.40. The molecule has 0 aliphatic heterocycles. The number of terminal acetylenes is 1. The van der Waals surface area contributed by atoms with Gasteiger partial charge in [0.15, 0.2) is 0 Å². The molecule has 0 aromatic heterocycles. The minimum Gasteiger partial charge on any atom is -0.206 e. The van der Waals surface area contributed by atoms with Gasteiger partial charge in [0, 0.05) is 16.8 Å². The van der Waals surface area contributed by atoms with Gasteiger partial charge in [-0.05, 0) is 11.5 Å². The summed E-state index contributed by atoms with van der Waals surface area (Å²) in [6, 6.07) is 6.09. The highest BCUT2D eigenvalue weighted by Crippen LogP contribution is 2.31. The lowest BCUT2D eigenvalue weighted by atomic mass is 9.92. The minimum absolute atomic E-state index is 0.144. The number of hydrogen-bond donors (Lipinski definition) is 0. The van der Waals surface area contributed by atoms with E-state index in [9.17, 15) is 8.78 Å². The molecule has 0 amide bonds. The zero-order valence-corrected chi connectivity index (χ0v) is 11.7. The predicted octanol–water partition coefficient (Wildman–Crippen LogP) is 5.25. The molecule has 0 N–H and O–H groups in total. The van der Waals surface area contributed by atoms with Crippen molar-refractivity contribution in [2.24, 2.45) is 0 Å². The Morgan fingerprint density at radius 1 is 1.11 bits per heavy atom. The lowest BCUT2D eigenvalue weighted by molar-refractivity contribution is 0.589. The standard InChI is InChI=1S/C15H12F2.C2H6/c1-4-10-13(16)8-14(17)12-7-5-6-11(9(2)3)15(10)12;1-2/h1,5-9H,2-3H3;1-2H3. The highest BCUT2D eigenvalue weighted by Gasteiger charge is 2.15. The molecule has 0 radical (unpaired) electrons. The Morgan fingerprint density at radius 3 is 2.26 bits per heavy atom. The topological polar surface area (TPSA) is 0 Å². The fraction of sp³-hybridized carbons (Fsp3) is 0.294. The van der Waals surface area contributed by atoms with E-state index >= 15 is 0 Å². The first-order valence-electron chi connectivity index (χ1n) is 6.43. The van der Waals surface area contributed by atoms with E-state index in [2.05, 4.69) is 5.92 Å². The predicted molar refractivity (Wildman–Crippen MR) is 77.2 cm³/mol. The van der Waals surface area contributed by atoms with E-state index in [4.69, 9.17) is 6.42 Å². The van der Waals surface area contributed by atoms with Gasteiger partial charge in [0.05, 0.1) is 5.56 Å². The minimum atomic E-state index is -0.675. The highest BCUT2D eigenvalue weighted by molar-refractivity contribution is 5.92. The number of rotatable bonds is 1. The summed E-state index contributed by atoms with van der Waals surface area (Å²) in [7, 11) is 0.